The van der Waals surface area contributed by atoms with Crippen LogP contribution in [-0.4, -0.2) is 72.2 Å². The minimum Gasteiger partial charge on any atom is -0.387 e. The summed E-state index contributed by atoms with van der Waals surface area (Å²) < 4.78 is 0. The number of fused-ring (bicyclic) bond motifs is 1. The maximum Gasteiger partial charge on any atom is 0.248 e. The van der Waals surface area contributed by atoms with Crippen molar-refractivity contribution in [3.63, 3.8) is 0 Å². The zero-order valence-electron chi connectivity index (χ0n) is 17.3. The van der Waals surface area contributed by atoms with E-state index in [2.05, 4.69) is 72.6 Å². The molecule has 2 aliphatic rings. The molecule has 0 radical (unpaired) electrons. The van der Waals surface area contributed by atoms with Crippen LogP contribution in [0, 0.1) is 13.8 Å². The standard InChI is InChI=1S/C24H31N3O2/c1-17-3-7-19(8-4-17)24(20-9-5-18(2)6-10-20)22-14-25-13-21-15-26(23(29)16-28)11-12-27(21)22/h3-10,21-22,24-25,28H,11-16H2,1-2H3/t21-,22+/m1/s1. The Hall–Kier alpha value is -2.21. The van der Waals surface area contributed by atoms with Crippen molar-refractivity contribution in [3.05, 3.63) is 70.8 Å². The minimum absolute atomic E-state index is 0.166. The zero-order valence-corrected chi connectivity index (χ0v) is 17.3. The normalized spacial score (nSPS) is 22.6. The average Bonchev–Trinajstić information content (AvgIpc) is 2.75. The van der Waals surface area contributed by atoms with Gasteiger partial charge in [-0.2, -0.15) is 0 Å². The second-order valence-corrected chi connectivity index (χ2v) is 8.41. The number of aliphatic hydroxyl groups excluding tert-OH is 1. The molecule has 0 unspecified atom stereocenters. The molecule has 0 saturated carbocycles. The molecule has 5 nitrogen and oxygen atoms in total. The molecule has 4 rings (SSSR count). The Morgan fingerprint density at radius 1 is 1.00 bits per heavy atom. The third-order valence-corrected chi connectivity index (χ3v) is 6.43. The second-order valence-electron chi connectivity index (χ2n) is 8.41. The first kappa shape index (κ1) is 20.1. The first-order valence-electron chi connectivity index (χ1n) is 10.5. The molecule has 2 aromatic rings. The summed E-state index contributed by atoms with van der Waals surface area (Å²) in [5, 5.41) is 12.9. The van der Waals surface area contributed by atoms with Gasteiger partial charge in [-0.15, -0.1) is 0 Å². The van der Waals surface area contributed by atoms with Crippen LogP contribution in [-0.2, 0) is 4.79 Å². The fourth-order valence-corrected chi connectivity index (χ4v) is 4.82. The number of aliphatic hydroxyl groups is 1. The van der Waals surface area contributed by atoms with Crippen LogP contribution in [0.25, 0.3) is 0 Å². The van der Waals surface area contributed by atoms with Crippen LogP contribution in [0.1, 0.15) is 28.2 Å². The Balaban J connectivity index is 1.66. The number of aryl methyl sites for hydroxylation is 2. The largest absolute Gasteiger partial charge is 0.387 e. The van der Waals surface area contributed by atoms with Crippen LogP contribution < -0.4 is 5.32 Å². The van der Waals surface area contributed by atoms with Crippen molar-refractivity contribution in [1.82, 2.24) is 15.1 Å². The number of benzene rings is 2. The smallest absolute Gasteiger partial charge is 0.248 e. The summed E-state index contributed by atoms with van der Waals surface area (Å²) >= 11 is 0. The molecule has 2 aliphatic heterocycles. The lowest BCUT2D eigenvalue weighted by Crippen LogP contribution is -2.67. The van der Waals surface area contributed by atoms with E-state index in [4.69, 9.17) is 0 Å². The Bertz CT molecular complexity index is 789. The van der Waals surface area contributed by atoms with Gasteiger partial charge < -0.3 is 15.3 Å². The van der Waals surface area contributed by atoms with Crippen LogP contribution in [0.15, 0.2) is 48.5 Å². The molecule has 2 fully saturated rings. The number of nitrogens with zero attached hydrogens (tertiary/aromatic N) is 2. The van der Waals surface area contributed by atoms with Crippen LogP contribution in [0.5, 0.6) is 0 Å². The van der Waals surface area contributed by atoms with Gasteiger partial charge in [0.15, 0.2) is 0 Å². The molecule has 2 N–H and O–H groups in total. The van der Waals surface area contributed by atoms with Crippen molar-refractivity contribution in [2.45, 2.75) is 31.8 Å². The Morgan fingerprint density at radius 2 is 1.59 bits per heavy atom. The summed E-state index contributed by atoms with van der Waals surface area (Å²) in [5.41, 5.74) is 5.21. The van der Waals surface area contributed by atoms with Gasteiger partial charge in [-0.05, 0) is 25.0 Å². The highest BCUT2D eigenvalue weighted by molar-refractivity contribution is 5.77. The lowest BCUT2D eigenvalue weighted by Gasteiger charge is -2.50. The van der Waals surface area contributed by atoms with E-state index in [-0.39, 0.29) is 17.9 Å². The van der Waals surface area contributed by atoms with E-state index in [1.807, 2.05) is 0 Å². The molecule has 0 aliphatic carbocycles. The third kappa shape index (κ3) is 4.22. The first-order chi connectivity index (χ1) is 14.1. The molecule has 2 heterocycles. The molecule has 0 aromatic heterocycles. The van der Waals surface area contributed by atoms with E-state index in [1.54, 1.807) is 4.90 Å². The molecular formula is C24H31N3O2. The van der Waals surface area contributed by atoms with E-state index < -0.39 is 6.61 Å². The predicted octanol–water partition coefficient (Wildman–Crippen LogP) is 1.91. The summed E-state index contributed by atoms with van der Waals surface area (Å²) in [6.07, 6.45) is 0. The third-order valence-electron chi connectivity index (χ3n) is 6.43. The predicted molar refractivity (Wildman–Crippen MR) is 115 cm³/mol. The maximum absolute atomic E-state index is 12.0. The van der Waals surface area contributed by atoms with Gasteiger partial charge in [0.1, 0.15) is 6.61 Å². The molecule has 0 spiro atoms. The number of hydrogen-bond donors (Lipinski definition) is 2. The minimum atomic E-state index is -0.404. The average molecular weight is 394 g/mol. The second kappa shape index (κ2) is 8.66. The van der Waals surface area contributed by atoms with E-state index in [1.165, 1.54) is 22.3 Å². The van der Waals surface area contributed by atoms with E-state index in [0.29, 0.717) is 19.1 Å². The molecule has 2 aromatic carbocycles. The highest BCUT2D eigenvalue weighted by Gasteiger charge is 2.40. The quantitative estimate of drug-likeness (QED) is 0.833. The van der Waals surface area contributed by atoms with Gasteiger partial charge in [0.25, 0.3) is 0 Å². The van der Waals surface area contributed by atoms with Crippen molar-refractivity contribution in [2.75, 3.05) is 39.3 Å². The summed E-state index contributed by atoms with van der Waals surface area (Å²) in [7, 11) is 0. The first-order valence-corrected chi connectivity index (χ1v) is 10.5. The van der Waals surface area contributed by atoms with Gasteiger partial charge in [-0.1, -0.05) is 59.7 Å². The van der Waals surface area contributed by atoms with Gasteiger partial charge in [0, 0.05) is 50.7 Å². The maximum atomic E-state index is 12.0. The fourth-order valence-electron chi connectivity index (χ4n) is 4.82. The van der Waals surface area contributed by atoms with Gasteiger partial charge in [0.2, 0.25) is 5.91 Å². The number of rotatable bonds is 4. The highest BCUT2D eigenvalue weighted by atomic mass is 16.3. The number of hydrogen-bond acceptors (Lipinski definition) is 4. The number of piperazine rings is 2. The molecular weight excluding hydrogens is 362 g/mol. The van der Waals surface area contributed by atoms with Crippen molar-refractivity contribution in [2.24, 2.45) is 0 Å². The van der Waals surface area contributed by atoms with E-state index in [9.17, 15) is 9.90 Å². The molecule has 29 heavy (non-hydrogen) atoms. The molecule has 0 bridgehead atoms. The monoisotopic (exact) mass is 393 g/mol. The SMILES string of the molecule is Cc1ccc(C(c2ccc(C)cc2)[C@@H]2CNC[C@@H]3CN(C(=O)CO)CCN32)cc1. The number of nitrogens with one attached hydrogen (secondary N) is 1. The number of carbonyl (C=O) groups excluding carboxylic acids is 1. The van der Waals surface area contributed by atoms with E-state index >= 15 is 0 Å². The summed E-state index contributed by atoms with van der Waals surface area (Å²) in [6.45, 7) is 7.85. The number of carbonyl (C=O) groups is 1. The summed E-state index contributed by atoms with van der Waals surface area (Å²) in [6, 6.07) is 18.4. The van der Waals surface area contributed by atoms with E-state index in [0.717, 1.165) is 19.6 Å². The van der Waals surface area contributed by atoms with Gasteiger partial charge in [0.05, 0.1) is 0 Å². The van der Waals surface area contributed by atoms with Gasteiger partial charge in [-0.25, -0.2) is 0 Å². The summed E-state index contributed by atoms with van der Waals surface area (Å²) in [5.74, 6) is 0.104. The number of amides is 1. The van der Waals surface area contributed by atoms with Gasteiger partial charge in [-0.3, -0.25) is 9.69 Å². The lowest BCUT2D eigenvalue weighted by atomic mass is 9.81. The molecule has 5 heteroatoms. The van der Waals surface area contributed by atoms with Crippen LogP contribution in [0.2, 0.25) is 0 Å². The van der Waals surface area contributed by atoms with Crippen LogP contribution >= 0.6 is 0 Å². The molecule has 1 amide bonds. The van der Waals surface area contributed by atoms with Crippen molar-refractivity contribution >= 4 is 5.91 Å². The topological polar surface area (TPSA) is 55.8 Å². The lowest BCUT2D eigenvalue weighted by molar-refractivity contribution is -0.138. The Morgan fingerprint density at radius 3 is 2.14 bits per heavy atom. The summed E-state index contributed by atoms with van der Waals surface area (Å²) in [4.78, 5) is 16.4. The van der Waals surface area contributed by atoms with Crippen LogP contribution in [0.4, 0.5) is 0 Å². The van der Waals surface area contributed by atoms with Gasteiger partial charge >= 0.3 is 0 Å². The Kier molecular flexibility index (Phi) is 5.99. The Labute approximate surface area is 173 Å². The molecule has 154 valence electrons. The molecule has 2 saturated heterocycles. The molecule has 2 atom stereocenters. The van der Waals surface area contributed by atoms with Crippen LogP contribution in [0.3, 0.4) is 0 Å². The fraction of sp³-hybridized carbons (Fsp3) is 0.458. The van der Waals surface area contributed by atoms with Crippen molar-refractivity contribution in [1.29, 1.82) is 0 Å². The highest BCUT2D eigenvalue weighted by Crippen LogP contribution is 2.34. The zero-order chi connectivity index (χ0) is 20.4. The van der Waals surface area contributed by atoms with Crippen molar-refractivity contribution < 1.29 is 9.90 Å². The van der Waals surface area contributed by atoms with Crippen molar-refractivity contribution in [3.8, 4) is 0 Å².